The summed E-state index contributed by atoms with van der Waals surface area (Å²) in [5.41, 5.74) is 1.98. The van der Waals surface area contributed by atoms with Gasteiger partial charge in [0.05, 0.1) is 102 Å². The van der Waals surface area contributed by atoms with E-state index >= 15 is 0 Å². The molecule has 0 amide bonds. The summed E-state index contributed by atoms with van der Waals surface area (Å²) in [7, 11) is 1.98. The number of hydrogen-bond donors (Lipinski definition) is 0. The molecule has 1 aromatic heterocycles. The lowest BCUT2D eigenvalue weighted by molar-refractivity contribution is -0.384. The van der Waals surface area contributed by atoms with Gasteiger partial charge in [0.2, 0.25) is 0 Å². The van der Waals surface area contributed by atoms with E-state index in [1.807, 2.05) is 25.2 Å². The molecule has 0 fully saturated rings. The maximum atomic E-state index is 11.8. The van der Waals surface area contributed by atoms with Gasteiger partial charge >= 0.3 is 5.97 Å². The van der Waals surface area contributed by atoms with Gasteiger partial charge in [-0.2, -0.15) is 0 Å². The van der Waals surface area contributed by atoms with E-state index in [0.717, 1.165) is 16.9 Å². The SMILES string of the molecule is C#CCN(C)Cc1nc2ccccc2n1CCOCCOCCOCCOCCOCCOCCCC(=O)Oc1ccc([N+](=O)[O-])cc1. The Morgan fingerprint density at radius 1 is 0.833 bits per heavy atom. The minimum absolute atomic E-state index is 0.0642. The number of para-hydroxylation sites is 2. The first-order valence-corrected chi connectivity index (χ1v) is 16.0. The lowest BCUT2D eigenvalue weighted by atomic mass is 10.3. The normalized spacial score (nSPS) is 11.3. The second kappa shape index (κ2) is 23.4. The molecule has 14 heteroatoms. The summed E-state index contributed by atoms with van der Waals surface area (Å²) in [5, 5.41) is 10.7. The van der Waals surface area contributed by atoms with Crippen molar-refractivity contribution in [2.45, 2.75) is 25.9 Å². The van der Waals surface area contributed by atoms with E-state index in [1.165, 1.54) is 24.3 Å². The molecule has 1 heterocycles. The molecule has 0 unspecified atom stereocenters. The largest absolute Gasteiger partial charge is 0.427 e. The van der Waals surface area contributed by atoms with Gasteiger partial charge in [0, 0.05) is 31.7 Å². The van der Waals surface area contributed by atoms with Crippen molar-refractivity contribution in [2.75, 3.05) is 92.9 Å². The standard InChI is InChI=1S/C34H46N4O10/c1-3-14-36(2)28-33-35-31-7-4-5-8-32(31)37(33)15-17-43-19-21-45-23-25-47-27-26-46-24-22-44-20-18-42-16-6-9-34(39)48-30-12-10-29(11-13-30)38(40)41/h1,4-5,7-8,10-13H,6,9,14-28H2,2H3. The van der Waals surface area contributed by atoms with Crippen molar-refractivity contribution in [1.29, 1.82) is 0 Å². The van der Waals surface area contributed by atoms with Crippen molar-refractivity contribution in [3.63, 3.8) is 0 Å². The van der Waals surface area contributed by atoms with Crippen molar-refractivity contribution < 1.29 is 42.9 Å². The van der Waals surface area contributed by atoms with E-state index in [9.17, 15) is 14.9 Å². The summed E-state index contributed by atoms with van der Waals surface area (Å²) >= 11 is 0. The summed E-state index contributed by atoms with van der Waals surface area (Å²) in [6, 6.07) is 13.4. The van der Waals surface area contributed by atoms with E-state index in [2.05, 4.69) is 21.5 Å². The Hall–Kier alpha value is -3.94. The van der Waals surface area contributed by atoms with Gasteiger partial charge in [-0.15, -0.1) is 6.42 Å². The van der Waals surface area contributed by atoms with Crippen molar-refractivity contribution >= 4 is 22.7 Å². The van der Waals surface area contributed by atoms with Gasteiger partial charge < -0.3 is 37.7 Å². The molecular weight excluding hydrogens is 624 g/mol. The van der Waals surface area contributed by atoms with E-state index < -0.39 is 10.9 Å². The molecule has 0 saturated heterocycles. The summed E-state index contributed by atoms with van der Waals surface area (Å²) in [6.45, 7) is 7.42. The highest BCUT2D eigenvalue weighted by molar-refractivity contribution is 5.76. The summed E-state index contributed by atoms with van der Waals surface area (Å²) in [5.74, 6) is 3.47. The van der Waals surface area contributed by atoms with Crippen LogP contribution in [0.4, 0.5) is 5.69 Å². The van der Waals surface area contributed by atoms with Crippen LogP contribution in [-0.2, 0) is 46.3 Å². The number of ether oxygens (including phenoxy) is 7. The van der Waals surface area contributed by atoms with Crippen LogP contribution >= 0.6 is 0 Å². The van der Waals surface area contributed by atoms with Crippen LogP contribution in [0.2, 0.25) is 0 Å². The van der Waals surface area contributed by atoms with Crippen LogP contribution in [0.5, 0.6) is 5.75 Å². The predicted molar refractivity (Wildman–Crippen MR) is 178 cm³/mol. The average Bonchev–Trinajstić information content (AvgIpc) is 3.42. The van der Waals surface area contributed by atoms with Gasteiger partial charge in [-0.1, -0.05) is 18.1 Å². The molecule has 0 aliphatic heterocycles. The van der Waals surface area contributed by atoms with Crippen LogP contribution in [0.15, 0.2) is 48.5 Å². The number of benzene rings is 2. The van der Waals surface area contributed by atoms with Gasteiger partial charge in [-0.25, -0.2) is 4.98 Å². The Morgan fingerprint density at radius 2 is 1.38 bits per heavy atom. The third kappa shape index (κ3) is 15.3. The lowest BCUT2D eigenvalue weighted by Crippen LogP contribution is -2.21. The zero-order valence-electron chi connectivity index (χ0n) is 27.6. The molecule has 3 aromatic rings. The highest BCUT2D eigenvalue weighted by Gasteiger charge is 2.12. The number of nitrogens with zero attached hydrogens (tertiary/aromatic N) is 4. The molecule has 0 bridgehead atoms. The maximum Gasteiger partial charge on any atom is 0.311 e. The quantitative estimate of drug-likeness (QED) is 0.0292. The third-order valence-corrected chi connectivity index (χ3v) is 6.77. The first-order valence-electron chi connectivity index (χ1n) is 16.0. The minimum Gasteiger partial charge on any atom is -0.427 e. The van der Waals surface area contributed by atoms with Crippen molar-refractivity contribution in [2.24, 2.45) is 0 Å². The Balaban J connectivity index is 1.06. The van der Waals surface area contributed by atoms with Crippen LogP contribution in [-0.4, -0.2) is 118 Å². The molecule has 0 aliphatic carbocycles. The number of nitro groups is 1. The van der Waals surface area contributed by atoms with Crippen LogP contribution in [0.1, 0.15) is 18.7 Å². The van der Waals surface area contributed by atoms with E-state index in [-0.39, 0.29) is 17.9 Å². The van der Waals surface area contributed by atoms with Crippen molar-refractivity contribution in [1.82, 2.24) is 14.5 Å². The monoisotopic (exact) mass is 670 g/mol. The molecule has 0 saturated carbocycles. The highest BCUT2D eigenvalue weighted by Crippen LogP contribution is 2.18. The number of aromatic nitrogens is 2. The van der Waals surface area contributed by atoms with Crippen LogP contribution in [0.25, 0.3) is 11.0 Å². The summed E-state index contributed by atoms with van der Waals surface area (Å²) in [4.78, 5) is 28.8. The smallest absolute Gasteiger partial charge is 0.311 e. The number of esters is 1. The number of fused-ring (bicyclic) bond motifs is 1. The number of imidazole rings is 1. The second-order valence-corrected chi connectivity index (χ2v) is 10.5. The second-order valence-electron chi connectivity index (χ2n) is 10.5. The van der Waals surface area contributed by atoms with Crippen molar-refractivity contribution in [3.05, 3.63) is 64.5 Å². The number of carbonyl (C=O) groups excluding carboxylic acids is 1. The lowest BCUT2D eigenvalue weighted by Gasteiger charge is -2.15. The number of hydrogen-bond acceptors (Lipinski definition) is 12. The van der Waals surface area contributed by atoms with E-state index in [1.54, 1.807) is 0 Å². The van der Waals surface area contributed by atoms with Crippen LogP contribution in [0.3, 0.4) is 0 Å². The molecule has 2 aromatic carbocycles. The first kappa shape index (κ1) is 38.5. The molecule has 0 aliphatic rings. The van der Waals surface area contributed by atoms with Crippen LogP contribution in [0, 0.1) is 22.5 Å². The number of nitro benzene ring substituents is 1. The predicted octanol–water partition coefficient (Wildman–Crippen LogP) is 3.49. The van der Waals surface area contributed by atoms with Crippen LogP contribution < -0.4 is 4.74 Å². The van der Waals surface area contributed by atoms with Gasteiger partial charge in [0.25, 0.3) is 5.69 Å². The third-order valence-electron chi connectivity index (χ3n) is 6.77. The number of terminal acetylenes is 1. The van der Waals surface area contributed by atoms with Crippen molar-refractivity contribution in [3.8, 4) is 18.1 Å². The Kier molecular flexibility index (Phi) is 18.8. The fraction of sp³-hybridized carbons (Fsp3) is 0.529. The van der Waals surface area contributed by atoms with Gasteiger partial charge in [-0.05, 0) is 37.7 Å². The molecule has 3 rings (SSSR count). The number of carbonyl (C=O) groups is 1. The topological polar surface area (TPSA) is 146 Å². The molecule has 0 spiro atoms. The molecule has 0 atom stereocenters. The molecule has 14 nitrogen and oxygen atoms in total. The Bertz CT molecular complexity index is 1390. The zero-order valence-corrected chi connectivity index (χ0v) is 27.6. The summed E-state index contributed by atoms with van der Waals surface area (Å²) < 4.78 is 40.6. The maximum absolute atomic E-state index is 11.8. The van der Waals surface area contributed by atoms with Gasteiger partial charge in [0.15, 0.2) is 0 Å². The Morgan fingerprint density at radius 3 is 1.94 bits per heavy atom. The highest BCUT2D eigenvalue weighted by atomic mass is 16.6. The number of non-ortho nitro benzene ring substituents is 1. The molecular formula is C34H46N4O10. The fourth-order valence-corrected chi connectivity index (χ4v) is 4.44. The van der Waals surface area contributed by atoms with Gasteiger partial charge in [0.1, 0.15) is 11.6 Å². The molecule has 48 heavy (non-hydrogen) atoms. The molecule has 0 N–H and O–H groups in total. The minimum atomic E-state index is -0.514. The zero-order chi connectivity index (χ0) is 34.2. The average molecular weight is 671 g/mol. The van der Waals surface area contributed by atoms with E-state index in [0.29, 0.717) is 105 Å². The first-order chi connectivity index (χ1) is 23.5. The van der Waals surface area contributed by atoms with Gasteiger partial charge in [-0.3, -0.25) is 19.8 Å². The fourth-order valence-electron chi connectivity index (χ4n) is 4.44. The Labute approximate surface area is 281 Å². The van der Waals surface area contributed by atoms with E-state index in [4.69, 9.17) is 44.6 Å². The summed E-state index contributed by atoms with van der Waals surface area (Å²) in [6.07, 6.45) is 6.12. The molecule has 0 radical (unpaired) electrons. The molecule has 262 valence electrons. The number of rotatable bonds is 27.